The van der Waals surface area contributed by atoms with E-state index in [0.29, 0.717) is 17.7 Å². The van der Waals surface area contributed by atoms with Gasteiger partial charge in [-0.2, -0.15) is 0 Å². The Labute approximate surface area is 149 Å². The van der Waals surface area contributed by atoms with Crippen LogP contribution in [0.1, 0.15) is 87.7 Å². The van der Waals surface area contributed by atoms with Gasteiger partial charge in [0.1, 0.15) is 17.4 Å². The summed E-state index contributed by atoms with van der Waals surface area (Å²) in [4.78, 5) is 14.5. The van der Waals surface area contributed by atoms with E-state index in [1.165, 1.54) is 64.2 Å². The average molecular weight is 337 g/mol. The molecule has 2 aromatic rings. The van der Waals surface area contributed by atoms with Crippen LogP contribution in [0.4, 0.5) is 0 Å². The molecule has 4 nitrogen and oxygen atoms in total. The summed E-state index contributed by atoms with van der Waals surface area (Å²) in [7, 11) is 0. The molecule has 0 amide bonds. The Morgan fingerprint density at radius 3 is 1.72 bits per heavy atom. The van der Waals surface area contributed by atoms with Crippen molar-refractivity contribution >= 4 is 0 Å². The van der Waals surface area contributed by atoms with Gasteiger partial charge in [0.05, 0.1) is 5.56 Å². The molecule has 0 aliphatic heterocycles. The van der Waals surface area contributed by atoms with E-state index >= 15 is 0 Å². The maximum Gasteiger partial charge on any atom is 0.167 e. The van der Waals surface area contributed by atoms with Gasteiger partial charge in [0.15, 0.2) is 5.82 Å². The van der Waals surface area contributed by atoms with Crippen molar-refractivity contribution in [2.75, 3.05) is 0 Å². The molecule has 0 saturated heterocycles. The van der Waals surface area contributed by atoms with Crippen LogP contribution in [-0.4, -0.2) is 20.1 Å². The monoisotopic (exact) mass is 337 g/mol. The fourth-order valence-corrected chi connectivity index (χ4v) is 4.28. The van der Waals surface area contributed by atoms with E-state index in [9.17, 15) is 5.11 Å². The lowest BCUT2D eigenvalue weighted by atomic mass is 9.87. The highest BCUT2D eigenvalue weighted by atomic mass is 16.3. The van der Waals surface area contributed by atoms with Gasteiger partial charge in [0.25, 0.3) is 0 Å². The summed E-state index contributed by atoms with van der Waals surface area (Å²) in [5, 5.41) is 10.3. The Hall–Kier alpha value is -1.97. The van der Waals surface area contributed by atoms with Gasteiger partial charge in [-0.3, -0.25) is 0 Å². The van der Waals surface area contributed by atoms with Crippen molar-refractivity contribution < 1.29 is 5.11 Å². The molecule has 132 valence electrons. The first kappa shape index (κ1) is 16.5. The molecule has 1 heterocycles. The minimum atomic E-state index is 0.248. The number of phenolic OH excluding ortho intramolecular Hbond substituents is 1. The minimum Gasteiger partial charge on any atom is -0.507 e. The zero-order valence-corrected chi connectivity index (χ0v) is 14.8. The van der Waals surface area contributed by atoms with Gasteiger partial charge in [0, 0.05) is 11.8 Å². The summed E-state index contributed by atoms with van der Waals surface area (Å²) in [5.74, 6) is 3.70. The molecule has 0 atom stereocenters. The van der Waals surface area contributed by atoms with Crippen LogP contribution in [-0.2, 0) is 0 Å². The molecular weight excluding hydrogens is 310 g/mol. The second-order valence-corrected chi connectivity index (χ2v) is 7.56. The number of rotatable bonds is 3. The fourth-order valence-electron chi connectivity index (χ4n) is 4.28. The molecule has 0 spiro atoms. The van der Waals surface area contributed by atoms with Crippen molar-refractivity contribution in [1.82, 2.24) is 15.0 Å². The maximum absolute atomic E-state index is 10.3. The molecule has 0 bridgehead atoms. The zero-order valence-electron chi connectivity index (χ0n) is 14.8. The highest BCUT2D eigenvalue weighted by Crippen LogP contribution is 2.36. The van der Waals surface area contributed by atoms with Crippen LogP contribution < -0.4 is 0 Å². The molecule has 1 N–H and O–H groups in total. The number of benzene rings is 1. The molecule has 2 fully saturated rings. The van der Waals surface area contributed by atoms with E-state index in [2.05, 4.69) is 0 Å². The molecule has 2 saturated carbocycles. The van der Waals surface area contributed by atoms with Crippen LogP contribution in [0.3, 0.4) is 0 Å². The Kier molecular flexibility index (Phi) is 4.95. The van der Waals surface area contributed by atoms with Gasteiger partial charge in [0.2, 0.25) is 0 Å². The highest BCUT2D eigenvalue weighted by molar-refractivity contribution is 5.63. The SMILES string of the molecule is Oc1ccccc1-c1nc(C2CCCCC2)nc(C2CCCCC2)n1. The molecule has 1 aromatic heterocycles. The minimum absolute atomic E-state index is 0.248. The van der Waals surface area contributed by atoms with Crippen LogP contribution in [0.15, 0.2) is 24.3 Å². The standard InChI is InChI=1S/C21H27N3O/c25-18-14-8-7-13-17(18)21-23-19(15-9-3-1-4-10-15)22-20(24-21)16-11-5-2-6-12-16/h7-8,13-16,25H,1-6,9-12H2. The van der Waals surface area contributed by atoms with E-state index < -0.39 is 0 Å². The van der Waals surface area contributed by atoms with Crippen LogP contribution in [0, 0.1) is 0 Å². The Morgan fingerprint density at radius 2 is 1.20 bits per heavy atom. The second-order valence-electron chi connectivity index (χ2n) is 7.56. The predicted molar refractivity (Wildman–Crippen MR) is 98.6 cm³/mol. The summed E-state index contributed by atoms with van der Waals surface area (Å²) >= 11 is 0. The van der Waals surface area contributed by atoms with Crippen molar-refractivity contribution in [2.24, 2.45) is 0 Å². The van der Waals surface area contributed by atoms with Crippen molar-refractivity contribution in [2.45, 2.75) is 76.0 Å². The molecule has 4 rings (SSSR count). The lowest BCUT2D eigenvalue weighted by Crippen LogP contribution is -2.16. The van der Waals surface area contributed by atoms with Crippen LogP contribution in [0.25, 0.3) is 11.4 Å². The number of para-hydroxylation sites is 1. The topological polar surface area (TPSA) is 58.9 Å². The van der Waals surface area contributed by atoms with Crippen molar-refractivity contribution in [3.05, 3.63) is 35.9 Å². The van der Waals surface area contributed by atoms with Crippen molar-refractivity contribution in [1.29, 1.82) is 0 Å². The first-order valence-electron chi connectivity index (χ1n) is 9.85. The number of phenols is 1. The Bertz CT molecular complexity index is 683. The number of aromatic nitrogens is 3. The smallest absolute Gasteiger partial charge is 0.167 e. The van der Waals surface area contributed by atoms with Gasteiger partial charge in [-0.1, -0.05) is 50.7 Å². The lowest BCUT2D eigenvalue weighted by Gasteiger charge is -2.24. The second kappa shape index (κ2) is 7.51. The van der Waals surface area contributed by atoms with Crippen molar-refractivity contribution in [3.8, 4) is 17.1 Å². The average Bonchev–Trinajstić information content (AvgIpc) is 2.69. The summed E-state index contributed by atoms with van der Waals surface area (Å²) in [6.07, 6.45) is 12.4. The fraction of sp³-hybridized carbons (Fsp3) is 0.571. The van der Waals surface area contributed by atoms with Crippen molar-refractivity contribution in [3.63, 3.8) is 0 Å². The Morgan fingerprint density at radius 1 is 0.680 bits per heavy atom. The zero-order chi connectivity index (χ0) is 17.1. The predicted octanol–water partition coefficient (Wildman–Crippen LogP) is 5.34. The summed E-state index contributed by atoms with van der Waals surface area (Å²) in [5.41, 5.74) is 0.721. The number of hydrogen-bond acceptors (Lipinski definition) is 4. The molecule has 25 heavy (non-hydrogen) atoms. The number of nitrogens with zero attached hydrogens (tertiary/aromatic N) is 3. The summed E-state index contributed by atoms with van der Waals surface area (Å²) in [6, 6.07) is 7.38. The normalized spacial score (nSPS) is 19.8. The number of hydrogen-bond donors (Lipinski definition) is 1. The van der Waals surface area contributed by atoms with E-state index in [-0.39, 0.29) is 5.75 Å². The summed E-state index contributed by atoms with van der Waals surface area (Å²) in [6.45, 7) is 0. The van der Waals surface area contributed by atoms with E-state index in [0.717, 1.165) is 17.2 Å². The first-order chi connectivity index (χ1) is 12.3. The van der Waals surface area contributed by atoms with E-state index in [1.54, 1.807) is 6.07 Å². The molecule has 1 aromatic carbocycles. The molecule has 0 radical (unpaired) electrons. The van der Waals surface area contributed by atoms with Gasteiger partial charge >= 0.3 is 0 Å². The van der Waals surface area contributed by atoms with Gasteiger partial charge in [-0.15, -0.1) is 0 Å². The van der Waals surface area contributed by atoms with Crippen LogP contribution in [0.5, 0.6) is 5.75 Å². The van der Waals surface area contributed by atoms with E-state index in [4.69, 9.17) is 15.0 Å². The third-order valence-electron chi connectivity index (χ3n) is 5.76. The molecule has 2 aliphatic carbocycles. The largest absolute Gasteiger partial charge is 0.507 e. The van der Waals surface area contributed by atoms with Crippen LogP contribution in [0.2, 0.25) is 0 Å². The van der Waals surface area contributed by atoms with Gasteiger partial charge in [-0.25, -0.2) is 15.0 Å². The summed E-state index contributed by atoms with van der Waals surface area (Å²) < 4.78 is 0. The van der Waals surface area contributed by atoms with E-state index in [1.807, 2.05) is 18.2 Å². The van der Waals surface area contributed by atoms with Gasteiger partial charge in [-0.05, 0) is 37.8 Å². The molecule has 2 aliphatic rings. The van der Waals surface area contributed by atoms with Gasteiger partial charge < -0.3 is 5.11 Å². The quantitative estimate of drug-likeness (QED) is 0.821. The number of aromatic hydroxyl groups is 1. The molecule has 4 heteroatoms. The molecule has 0 unspecified atom stereocenters. The third kappa shape index (κ3) is 3.68. The van der Waals surface area contributed by atoms with Crippen LogP contribution >= 0.6 is 0 Å². The highest BCUT2D eigenvalue weighted by Gasteiger charge is 2.25. The Balaban J connectivity index is 1.75. The first-order valence-corrected chi connectivity index (χ1v) is 9.85. The lowest BCUT2D eigenvalue weighted by molar-refractivity contribution is 0.408. The third-order valence-corrected chi connectivity index (χ3v) is 5.76. The maximum atomic E-state index is 10.3. The molecular formula is C21H27N3O.